The molecule has 5 aromatic rings. The second-order valence-corrected chi connectivity index (χ2v) is 10.9. The van der Waals surface area contributed by atoms with E-state index < -0.39 is 0 Å². The molecule has 0 radical (unpaired) electrons. The molecule has 0 aliphatic rings. The smallest absolute Gasteiger partial charge is 0.202 e. The van der Waals surface area contributed by atoms with Crippen LogP contribution in [0.1, 0.15) is 17.7 Å². The Hall–Kier alpha value is -2.14. The van der Waals surface area contributed by atoms with Crippen molar-refractivity contribution in [3.05, 3.63) is 44.3 Å². The highest BCUT2D eigenvalue weighted by Crippen LogP contribution is 2.32. The third-order valence-corrected chi connectivity index (χ3v) is 8.07. The zero-order valence-electron chi connectivity index (χ0n) is 20.1. The van der Waals surface area contributed by atoms with Gasteiger partial charge in [0.15, 0.2) is 11.3 Å². The van der Waals surface area contributed by atoms with Gasteiger partial charge < -0.3 is 31.7 Å². The molecule has 38 heavy (non-hydrogen) atoms. The molecule has 0 saturated heterocycles. The summed E-state index contributed by atoms with van der Waals surface area (Å²) in [6.07, 6.45) is 8.33. The maximum absolute atomic E-state index is 5.37. The van der Waals surface area contributed by atoms with Crippen LogP contribution < -0.4 is 21.7 Å². The van der Waals surface area contributed by atoms with Crippen LogP contribution in [-0.4, -0.2) is 66.1 Å². The van der Waals surface area contributed by atoms with E-state index >= 15 is 0 Å². The Bertz CT molecular complexity index is 1290. The Kier molecular flexibility index (Phi) is 14.1. The van der Waals surface area contributed by atoms with Crippen LogP contribution >= 0.6 is 68.0 Å². The van der Waals surface area contributed by atoms with E-state index in [-0.39, 0.29) is 24.8 Å². The van der Waals surface area contributed by atoms with Crippen LogP contribution in [0.25, 0.3) is 22.3 Å². The molecule has 0 amide bonds. The third kappa shape index (κ3) is 9.55. The number of imidazole rings is 2. The van der Waals surface area contributed by atoms with E-state index in [1.54, 1.807) is 23.7 Å². The Morgan fingerprint density at radius 2 is 1.42 bits per heavy atom. The number of aromatic nitrogens is 8. The summed E-state index contributed by atoms with van der Waals surface area (Å²) in [5.74, 6) is 1.45. The van der Waals surface area contributed by atoms with Gasteiger partial charge in [0.2, 0.25) is 11.9 Å². The number of nitrogens with zero attached hydrogens (tertiary/aromatic N) is 6. The van der Waals surface area contributed by atoms with Crippen molar-refractivity contribution < 1.29 is 0 Å². The van der Waals surface area contributed by atoms with Crippen LogP contribution in [0.5, 0.6) is 0 Å². The van der Waals surface area contributed by atoms with Crippen molar-refractivity contribution in [2.45, 2.75) is 19.4 Å². The van der Waals surface area contributed by atoms with Gasteiger partial charge in [0.1, 0.15) is 23.7 Å². The Labute approximate surface area is 252 Å². The molecule has 206 valence electrons. The Morgan fingerprint density at radius 1 is 0.842 bits per heavy atom. The summed E-state index contributed by atoms with van der Waals surface area (Å²) in [6, 6.07) is 2.13. The quantitative estimate of drug-likeness (QED) is 0.107. The largest absolute Gasteiger partial charge is 0.356 e. The molecule has 5 heterocycles. The maximum Gasteiger partial charge on any atom is 0.202 e. The zero-order valence-corrected chi connectivity index (χ0v) is 25.7. The number of fused-ring (bicyclic) bond motifs is 2. The fraction of sp³-hybridized carbons (Fsp3) is 0.333. The van der Waals surface area contributed by atoms with Crippen LogP contribution in [0.3, 0.4) is 0 Å². The number of anilines is 2. The van der Waals surface area contributed by atoms with Crippen molar-refractivity contribution in [1.29, 1.82) is 0 Å². The standard InChI is InChI=1S/C13H14Br2N6S.C8H12N6.2ClH/c14-9-4-8(22-11(9)15)5-16-2-1-3-18-13-20-10-6-17-7-19-12(10)21-13;9-2-1-3-11-8-13-6-4-10-5-12-7(6)14-8;;/h4,6-7,16H,1-3,5H2,(H2,17,18,19,20,21);4-5H,1-3,9H2,(H2,10,11,12,13,14);2*1H. The summed E-state index contributed by atoms with van der Waals surface area (Å²) >= 11 is 8.74. The van der Waals surface area contributed by atoms with Crippen molar-refractivity contribution in [1.82, 2.24) is 45.2 Å². The van der Waals surface area contributed by atoms with Gasteiger partial charge in [-0.25, -0.2) is 19.9 Å². The molecule has 0 fully saturated rings. The molecular formula is C21H28Br2Cl2N12S. The lowest BCUT2D eigenvalue weighted by Crippen LogP contribution is -2.17. The molecule has 0 saturated carbocycles. The Morgan fingerprint density at radius 3 is 1.92 bits per heavy atom. The summed E-state index contributed by atoms with van der Waals surface area (Å²) < 4.78 is 2.25. The molecule has 0 aliphatic carbocycles. The first-order valence-electron chi connectivity index (χ1n) is 11.3. The highest BCUT2D eigenvalue weighted by atomic mass is 79.9. The van der Waals surface area contributed by atoms with Crippen molar-refractivity contribution in [2.24, 2.45) is 5.73 Å². The zero-order chi connectivity index (χ0) is 25.2. The maximum atomic E-state index is 5.37. The second kappa shape index (κ2) is 16.7. The second-order valence-electron chi connectivity index (χ2n) is 7.55. The number of nitrogens with two attached hydrogens (primary N) is 1. The van der Waals surface area contributed by atoms with Crippen LogP contribution in [0.15, 0.2) is 39.4 Å². The molecule has 5 aromatic heterocycles. The van der Waals surface area contributed by atoms with Gasteiger partial charge in [-0.15, -0.1) is 36.2 Å². The molecule has 0 aromatic carbocycles. The molecule has 17 heteroatoms. The van der Waals surface area contributed by atoms with E-state index in [4.69, 9.17) is 5.73 Å². The van der Waals surface area contributed by atoms with Crippen LogP contribution in [0.4, 0.5) is 11.9 Å². The average Bonchev–Trinajstić information content (AvgIpc) is 3.58. The van der Waals surface area contributed by atoms with E-state index in [1.165, 1.54) is 17.5 Å². The summed E-state index contributed by atoms with van der Waals surface area (Å²) in [5, 5.41) is 9.81. The van der Waals surface area contributed by atoms with Gasteiger partial charge in [-0.1, -0.05) is 0 Å². The lowest BCUT2D eigenvalue weighted by atomic mass is 10.4. The van der Waals surface area contributed by atoms with Gasteiger partial charge >= 0.3 is 0 Å². The van der Waals surface area contributed by atoms with Crippen molar-refractivity contribution >= 4 is 102 Å². The molecule has 0 spiro atoms. The van der Waals surface area contributed by atoms with E-state index in [0.29, 0.717) is 23.8 Å². The fourth-order valence-corrected chi connectivity index (χ4v) is 5.26. The Balaban J connectivity index is 0.000000276. The van der Waals surface area contributed by atoms with E-state index in [0.717, 1.165) is 64.3 Å². The summed E-state index contributed by atoms with van der Waals surface area (Å²) in [7, 11) is 0. The van der Waals surface area contributed by atoms with Gasteiger partial charge in [0, 0.05) is 29.0 Å². The van der Waals surface area contributed by atoms with Gasteiger partial charge in [-0.2, -0.15) is 9.97 Å². The minimum atomic E-state index is 0. The van der Waals surface area contributed by atoms with E-state index in [9.17, 15) is 0 Å². The number of aromatic amines is 2. The average molecular weight is 711 g/mol. The summed E-state index contributed by atoms with van der Waals surface area (Å²) in [4.78, 5) is 32.0. The topological polar surface area (TPSA) is 171 Å². The number of thiophene rings is 1. The molecule has 12 nitrogen and oxygen atoms in total. The number of hydrogen-bond acceptors (Lipinski definition) is 11. The lowest BCUT2D eigenvalue weighted by molar-refractivity contribution is 0.668. The number of rotatable bonds is 11. The molecule has 0 atom stereocenters. The SMILES string of the molecule is Brc1cc(CNCCCNc2nc3ncncc3[nH]2)sc1Br.Cl.Cl.NCCCNc1nc2ncncc2[nH]1. The molecular weight excluding hydrogens is 683 g/mol. The normalized spacial score (nSPS) is 10.4. The predicted molar refractivity (Wildman–Crippen MR) is 165 cm³/mol. The van der Waals surface area contributed by atoms with Gasteiger partial charge in [-0.3, -0.25) is 0 Å². The third-order valence-electron chi connectivity index (χ3n) is 4.82. The van der Waals surface area contributed by atoms with Crippen LogP contribution in [0.2, 0.25) is 0 Å². The van der Waals surface area contributed by atoms with Gasteiger partial charge in [0.25, 0.3) is 0 Å². The van der Waals surface area contributed by atoms with E-state index in [1.807, 2.05) is 0 Å². The minimum absolute atomic E-state index is 0. The number of H-pyrrole nitrogens is 2. The van der Waals surface area contributed by atoms with Crippen molar-refractivity contribution in [2.75, 3.05) is 36.8 Å². The first kappa shape index (κ1) is 32.1. The van der Waals surface area contributed by atoms with Crippen molar-refractivity contribution in [3.63, 3.8) is 0 Å². The number of nitrogens with one attached hydrogen (secondary N) is 5. The van der Waals surface area contributed by atoms with Crippen LogP contribution in [0, 0.1) is 0 Å². The van der Waals surface area contributed by atoms with Gasteiger partial charge in [0.05, 0.1) is 16.2 Å². The predicted octanol–water partition coefficient (Wildman–Crippen LogP) is 4.49. The van der Waals surface area contributed by atoms with Crippen LogP contribution in [-0.2, 0) is 6.54 Å². The fourth-order valence-electron chi connectivity index (χ4n) is 3.11. The van der Waals surface area contributed by atoms with E-state index in [2.05, 4.69) is 93.7 Å². The number of halogens is 4. The monoisotopic (exact) mass is 708 g/mol. The number of hydrogen-bond donors (Lipinski definition) is 6. The molecule has 5 rings (SSSR count). The highest BCUT2D eigenvalue weighted by molar-refractivity contribution is 9.13. The summed E-state index contributed by atoms with van der Waals surface area (Å²) in [5.41, 5.74) is 8.42. The molecule has 0 aliphatic heterocycles. The van der Waals surface area contributed by atoms with Crippen molar-refractivity contribution in [3.8, 4) is 0 Å². The first-order chi connectivity index (χ1) is 17.6. The molecule has 0 unspecified atom stereocenters. The minimum Gasteiger partial charge on any atom is -0.356 e. The lowest BCUT2D eigenvalue weighted by Gasteiger charge is -2.04. The highest BCUT2D eigenvalue weighted by Gasteiger charge is 2.04. The summed E-state index contributed by atoms with van der Waals surface area (Å²) in [6.45, 7) is 4.16. The van der Waals surface area contributed by atoms with Gasteiger partial charge in [-0.05, 0) is 63.9 Å². The molecule has 7 N–H and O–H groups in total. The first-order valence-corrected chi connectivity index (χ1v) is 13.7. The molecule has 0 bridgehead atoms.